The number of para-hydroxylation sites is 1. The van der Waals surface area contributed by atoms with Gasteiger partial charge in [-0.1, -0.05) is 18.2 Å². The zero-order valence-corrected chi connectivity index (χ0v) is 12.2. The summed E-state index contributed by atoms with van der Waals surface area (Å²) in [5.41, 5.74) is 3.78. The molecule has 3 rings (SSSR count). The lowest BCUT2D eigenvalue weighted by Gasteiger charge is -2.06. The Hall–Kier alpha value is -1.05. The highest BCUT2D eigenvalue weighted by molar-refractivity contribution is 7.95. The maximum atomic E-state index is 5.53. The Morgan fingerprint density at radius 1 is 1.00 bits per heavy atom. The van der Waals surface area contributed by atoms with Gasteiger partial charge in [0.2, 0.25) is 0 Å². The minimum Gasteiger partial charge on any atom is -0.379 e. The summed E-state index contributed by atoms with van der Waals surface area (Å²) in [4.78, 5) is 3.51. The third-order valence-electron chi connectivity index (χ3n) is 3.37. The highest BCUT2D eigenvalue weighted by Crippen LogP contribution is 2.22. The molecule has 1 aliphatic heterocycles. The van der Waals surface area contributed by atoms with Crippen molar-refractivity contribution in [3.8, 4) is 0 Å². The zero-order valence-electron chi connectivity index (χ0n) is 11.4. The van der Waals surface area contributed by atoms with Crippen LogP contribution in [0.25, 0.3) is 10.9 Å². The van der Waals surface area contributed by atoms with E-state index in [0.29, 0.717) is 0 Å². The average molecular weight is 292 g/mol. The number of fused-ring (bicyclic) bond motifs is 3. The Morgan fingerprint density at radius 3 is 2.90 bits per heavy atom. The quantitative estimate of drug-likeness (QED) is 0.555. The van der Waals surface area contributed by atoms with E-state index in [-0.39, 0.29) is 0 Å². The summed E-state index contributed by atoms with van der Waals surface area (Å²) in [6.07, 6.45) is 0. The first kappa shape index (κ1) is 13.9. The molecule has 0 spiro atoms. The van der Waals surface area contributed by atoms with E-state index in [0.717, 1.165) is 39.4 Å². The molecule has 0 bridgehead atoms. The van der Waals surface area contributed by atoms with Gasteiger partial charge in [-0.05, 0) is 11.6 Å². The lowest BCUT2D eigenvalue weighted by Crippen LogP contribution is -2.21. The van der Waals surface area contributed by atoms with Crippen molar-refractivity contribution in [1.82, 2.24) is 19.7 Å². The van der Waals surface area contributed by atoms with E-state index < -0.39 is 0 Å². The van der Waals surface area contributed by atoms with Gasteiger partial charge in [0.1, 0.15) is 0 Å². The fourth-order valence-corrected chi connectivity index (χ4v) is 2.90. The van der Waals surface area contributed by atoms with Crippen LogP contribution in [-0.4, -0.2) is 31.3 Å². The SMILES string of the molecule is c1ccc2c3c([nH]c2c1)CNSNCCOCCNC3. The van der Waals surface area contributed by atoms with Gasteiger partial charge in [0.05, 0.1) is 13.2 Å². The normalized spacial score (nSPS) is 18.8. The fraction of sp³-hybridized carbons (Fsp3) is 0.429. The van der Waals surface area contributed by atoms with E-state index in [9.17, 15) is 0 Å². The molecule has 0 fully saturated rings. The summed E-state index contributed by atoms with van der Waals surface area (Å²) in [6.45, 7) is 4.88. The number of aromatic amines is 1. The summed E-state index contributed by atoms with van der Waals surface area (Å²) in [7, 11) is 0. The highest BCUT2D eigenvalue weighted by Gasteiger charge is 2.10. The van der Waals surface area contributed by atoms with Crippen LogP contribution < -0.4 is 14.8 Å². The number of rotatable bonds is 0. The van der Waals surface area contributed by atoms with Crippen molar-refractivity contribution in [1.29, 1.82) is 0 Å². The molecule has 5 nitrogen and oxygen atoms in total. The van der Waals surface area contributed by atoms with E-state index in [2.05, 4.69) is 44.0 Å². The first-order valence-electron chi connectivity index (χ1n) is 6.93. The van der Waals surface area contributed by atoms with Crippen LogP contribution in [0.5, 0.6) is 0 Å². The lowest BCUT2D eigenvalue weighted by molar-refractivity contribution is 0.141. The molecule has 0 amide bonds. The number of hydrogen-bond acceptors (Lipinski definition) is 5. The second-order valence-electron chi connectivity index (χ2n) is 4.73. The van der Waals surface area contributed by atoms with Crippen LogP contribution >= 0.6 is 12.1 Å². The van der Waals surface area contributed by atoms with Crippen LogP contribution in [0.15, 0.2) is 24.3 Å². The van der Waals surface area contributed by atoms with Crippen LogP contribution in [0.4, 0.5) is 0 Å². The van der Waals surface area contributed by atoms with Crippen molar-refractivity contribution in [3.05, 3.63) is 35.5 Å². The Morgan fingerprint density at radius 2 is 1.90 bits per heavy atom. The molecule has 108 valence electrons. The van der Waals surface area contributed by atoms with Gasteiger partial charge >= 0.3 is 0 Å². The Labute approximate surface area is 123 Å². The second-order valence-corrected chi connectivity index (χ2v) is 5.52. The molecule has 1 aromatic heterocycles. The Kier molecular flexibility index (Phi) is 4.94. The molecule has 20 heavy (non-hydrogen) atoms. The van der Waals surface area contributed by atoms with Gasteiger partial charge in [-0.2, -0.15) is 0 Å². The zero-order chi connectivity index (χ0) is 13.6. The third-order valence-corrected chi connectivity index (χ3v) is 4.01. The number of ether oxygens (including phenoxy) is 1. The summed E-state index contributed by atoms with van der Waals surface area (Å²) < 4.78 is 12.1. The average Bonchev–Trinajstić information content (AvgIpc) is 2.82. The van der Waals surface area contributed by atoms with Crippen LogP contribution in [0.2, 0.25) is 0 Å². The molecule has 2 aromatic rings. The predicted octanol–water partition coefficient (Wildman–Crippen LogP) is 1.53. The van der Waals surface area contributed by atoms with E-state index in [4.69, 9.17) is 4.74 Å². The van der Waals surface area contributed by atoms with Crippen LogP contribution in [0.1, 0.15) is 11.3 Å². The van der Waals surface area contributed by atoms with Crippen LogP contribution in [0.3, 0.4) is 0 Å². The number of nitrogens with one attached hydrogen (secondary N) is 4. The maximum absolute atomic E-state index is 5.53. The molecule has 0 aliphatic carbocycles. The molecule has 4 N–H and O–H groups in total. The number of aromatic nitrogens is 1. The lowest BCUT2D eigenvalue weighted by atomic mass is 10.1. The minimum atomic E-state index is 0.741. The molecule has 1 aromatic carbocycles. The Balaban J connectivity index is 1.82. The maximum Gasteiger partial charge on any atom is 0.0601 e. The summed E-state index contributed by atoms with van der Waals surface area (Å²) in [6, 6.07) is 8.45. The number of H-pyrrole nitrogens is 1. The van der Waals surface area contributed by atoms with Crippen molar-refractivity contribution < 1.29 is 4.74 Å². The molecule has 2 heterocycles. The van der Waals surface area contributed by atoms with Crippen LogP contribution in [-0.2, 0) is 17.8 Å². The van der Waals surface area contributed by atoms with Gasteiger partial charge < -0.3 is 15.0 Å². The summed E-state index contributed by atoms with van der Waals surface area (Å²) >= 11 is 1.53. The van der Waals surface area contributed by atoms with Crippen molar-refractivity contribution in [3.63, 3.8) is 0 Å². The van der Waals surface area contributed by atoms with Gasteiger partial charge in [0, 0.05) is 54.9 Å². The van der Waals surface area contributed by atoms with E-state index >= 15 is 0 Å². The van der Waals surface area contributed by atoms with Crippen LogP contribution in [0, 0.1) is 0 Å². The van der Waals surface area contributed by atoms with Gasteiger partial charge in [0.25, 0.3) is 0 Å². The molecular weight excluding hydrogens is 272 g/mol. The summed E-state index contributed by atoms with van der Waals surface area (Å²) in [5.74, 6) is 0. The minimum absolute atomic E-state index is 0.741. The third kappa shape index (κ3) is 3.34. The van der Waals surface area contributed by atoms with Gasteiger partial charge in [-0.15, -0.1) is 0 Å². The van der Waals surface area contributed by atoms with E-state index in [1.54, 1.807) is 0 Å². The van der Waals surface area contributed by atoms with Crippen molar-refractivity contribution >= 4 is 23.0 Å². The molecular formula is C14H20N4OS. The van der Waals surface area contributed by atoms with Gasteiger partial charge in [-0.3, -0.25) is 0 Å². The Bertz CT molecular complexity index is 557. The smallest absolute Gasteiger partial charge is 0.0601 e. The molecule has 0 unspecified atom stereocenters. The predicted molar refractivity (Wildman–Crippen MR) is 83.3 cm³/mol. The van der Waals surface area contributed by atoms with E-state index in [1.165, 1.54) is 34.3 Å². The second kappa shape index (κ2) is 7.10. The molecule has 0 saturated heterocycles. The molecule has 0 radical (unpaired) electrons. The van der Waals surface area contributed by atoms with E-state index in [1.807, 2.05) is 0 Å². The molecule has 6 heteroatoms. The number of benzene rings is 1. The summed E-state index contributed by atoms with van der Waals surface area (Å²) in [5, 5.41) is 4.75. The monoisotopic (exact) mass is 292 g/mol. The molecule has 0 atom stereocenters. The van der Waals surface area contributed by atoms with Crippen molar-refractivity contribution in [2.24, 2.45) is 0 Å². The first-order chi connectivity index (χ1) is 9.95. The van der Waals surface area contributed by atoms with Gasteiger partial charge in [-0.25, -0.2) is 9.44 Å². The first-order valence-corrected chi connectivity index (χ1v) is 7.75. The van der Waals surface area contributed by atoms with Gasteiger partial charge in [0.15, 0.2) is 0 Å². The molecule has 0 saturated carbocycles. The number of hydrogen-bond donors (Lipinski definition) is 4. The molecule has 1 aliphatic rings. The largest absolute Gasteiger partial charge is 0.379 e. The van der Waals surface area contributed by atoms with Crippen molar-refractivity contribution in [2.45, 2.75) is 13.1 Å². The van der Waals surface area contributed by atoms with Crippen molar-refractivity contribution in [2.75, 3.05) is 26.3 Å². The fourth-order valence-electron chi connectivity index (χ4n) is 2.39. The standard InChI is InChI=1S/C14H20N4OS/c1-2-4-13-11(3-1)12-9-15-5-7-19-8-6-16-20-17-10-14(12)18-13/h1-4,15-18H,5-10H2. The highest BCUT2D eigenvalue weighted by atomic mass is 32.2. The topological polar surface area (TPSA) is 61.1 Å².